The summed E-state index contributed by atoms with van der Waals surface area (Å²) < 4.78 is 41.3. The molecule has 4 aromatic rings. The summed E-state index contributed by atoms with van der Waals surface area (Å²) in [4.78, 5) is 3.47. The summed E-state index contributed by atoms with van der Waals surface area (Å²) in [5, 5.41) is 0.787. The first-order valence-corrected chi connectivity index (χ1v) is 10.8. The van der Waals surface area contributed by atoms with E-state index in [4.69, 9.17) is 0 Å². The standard InChI is InChI=1S/C23H21FN2O2S/c1-15(2)16-5-10-21(11-6-16)29(27,28)26-20-8-3-17(4-9-20)23-14-18-13-19(24)7-12-22(18)25-23/h3-15,25-26H,1-2H3. The van der Waals surface area contributed by atoms with Crippen LogP contribution >= 0.6 is 0 Å². The van der Waals surface area contributed by atoms with E-state index in [2.05, 4.69) is 23.6 Å². The fraction of sp³-hybridized carbons (Fsp3) is 0.130. The molecule has 0 amide bonds. The van der Waals surface area contributed by atoms with Crippen molar-refractivity contribution >= 4 is 26.6 Å². The molecule has 1 heterocycles. The Balaban J connectivity index is 1.55. The highest BCUT2D eigenvalue weighted by Crippen LogP contribution is 2.27. The van der Waals surface area contributed by atoms with Gasteiger partial charge < -0.3 is 4.98 Å². The van der Waals surface area contributed by atoms with Gasteiger partial charge >= 0.3 is 0 Å². The van der Waals surface area contributed by atoms with E-state index in [-0.39, 0.29) is 10.7 Å². The largest absolute Gasteiger partial charge is 0.355 e. The molecule has 0 aliphatic carbocycles. The fourth-order valence-electron chi connectivity index (χ4n) is 3.22. The Labute approximate surface area is 169 Å². The van der Waals surface area contributed by atoms with E-state index in [9.17, 15) is 12.8 Å². The predicted molar refractivity (Wildman–Crippen MR) is 115 cm³/mol. The van der Waals surface area contributed by atoms with Crippen LogP contribution < -0.4 is 4.72 Å². The van der Waals surface area contributed by atoms with Crippen LogP contribution in [0.5, 0.6) is 0 Å². The van der Waals surface area contributed by atoms with Crippen LogP contribution in [0.4, 0.5) is 10.1 Å². The lowest BCUT2D eigenvalue weighted by molar-refractivity contribution is 0.601. The normalized spacial score (nSPS) is 11.9. The minimum Gasteiger partial charge on any atom is -0.355 e. The monoisotopic (exact) mass is 408 g/mol. The van der Waals surface area contributed by atoms with E-state index in [1.807, 2.05) is 30.3 Å². The van der Waals surface area contributed by atoms with Gasteiger partial charge in [-0.05, 0) is 65.6 Å². The van der Waals surface area contributed by atoms with Crippen LogP contribution in [0.15, 0.2) is 77.7 Å². The number of rotatable bonds is 5. The maximum Gasteiger partial charge on any atom is 0.261 e. The van der Waals surface area contributed by atoms with Gasteiger partial charge in [-0.3, -0.25) is 4.72 Å². The third kappa shape index (κ3) is 4.03. The summed E-state index contributed by atoms with van der Waals surface area (Å²) in [6, 6.07) is 20.4. The van der Waals surface area contributed by atoms with Crippen LogP contribution in [0.3, 0.4) is 0 Å². The zero-order valence-electron chi connectivity index (χ0n) is 16.1. The molecule has 29 heavy (non-hydrogen) atoms. The summed E-state index contributed by atoms with van der Waals surface area (Å²) >= 11 is 0. The number of fused-ring (bicyclic) bond motifs is 1. The fourth-order valence-corrected chi connectivity index (χ4v) is 4.28. The van der Waals surface area contributed by atoms with Gasteiger partial charge in [0.05, 0.1) is 4.90 Å². The predicted octanol–water partition coefficient (Wildman–Crippen LogP) is 5.90. The molecule has 0 saturated carbocycles. The minimum absolute atomic E-state index is 0.226. The molecule has 0 bridgehead atoms. The number of H-pyrrole nitrogens is 1. The number of anilines is 1. The van der Waals surface area contributed by atoms with Gasteiger partial charge in [0.2, 0.25) is 0 Å². The van der Waals surface area contributed by atoms with E-state index in [0.29, 0.717) is 11.6 Å². The first kappa shape index (κ1) is 19.2. The lowest BCUT2D eigenvalue weighted by atomic mass is 10.0. The Morgan fingerprint density at radius 2 is 1.59 bits per heavy atom. The Hall–Kier alpha value is -3.12. The molecule has 0 unspecified atom stereocenters. The number of hydrogen-bond acceptors (Lipinski definition) is 2. The molecule has 0 atom stereocenters. The molecule has 3 aromatic carbocycles. The van der Waals surface area contributed by atoms with E-state index in [1.54, 1.807) is 30.3 Å². The Kier molecular flexibility index (Phi) is 4.88. The molecule has 6 heteroatoms. The molecule has 0 radical (unpaired) electrons. The van der Waals surface area contributed by atoms with Crippen molar-refractivity contribution in [2.24, 2.45) is 0 Å². The Morgan fingerprint density at radius 1 is 0.897 bits per heavy atom. The van der Waals surface area contributed by atoms with E-state index in [0.717, 1.165) is 27.7 Å². The van der Waals surface area contributed by atoms with Crippen LogP contribution in [0.25, 0.3) is 22.2 Å². The maximum absolute atomic E-state index is 13.4. The van der Waals surface area contributed by atoms with Gasteiger partial charge in [0.25, 0.3) is 10.0 Å². The molecular formula is C23H21FN2O2S. The van der Waals surface area contributed by atoms with Crippen molar-refractivity contribution in [1.82, 2.24) is 4.98 Å². The number of aromatic nitrogens is 1. The van der Waals surface area contributed by atoms with Crippen LogP contribution in [-0.2, 0) is 10.0 Å². The molecule has 0 fully saturated rings. The zero-order valence-corrected chi connectivity index (χ0v) is 16.9. The number of halogens is 1. The van der Waals surface area contributed by atoms with E-state index in [1.165, 1.54) is 12.1 Å². The number of aromatic amines is 1. The van der Waals surface area contributed by atoms with Crippen molar-refractivity contribution in [3.05, 3.63) is 84.2 Å². The second-order valence-corrected chi connectivity index (χ2v) is 9.00. The minimum atomic E-state index is -3.66. The van der Waals surface area contributed by atoms with Crippen molar-refractivity contribution in [2.75, 3.05) is 4.72 Å². The summed E-state index contributed by atoms with van der Waals surface area (Å²) in [6.07, 6.45) is 0. The van der Waals surface area contributed by atoms with E-state index < -0.39 is 10.0 Å². The highest BCUT2D eigenvalue weighted by molar-refractivity contribution is 7.92. The Morgan fingerprint density at radius 3 is 2.24 bits per heavy atom. The van der Waals surface area contributed by atoms with Crippen LogP contribution in [0, 0.1) is 5.82 Å². The smallest absolute Gasteiger partial charge is 0.261 e. The summed E-state index contributed by atoms with van der Waals surface area (Å²) in [7, 11) is -3.66. The van der Waals surface area contributed by atoms with Gasteiger partial charge in [0.15, 0.2) is 0 Å². The second-order valence-electron chi connectivity index (χ2n) is 7.32. The highest BCUT2D eigenvalue weighted by atomic mass is 32.2. The van der Waals surface area contributed by atoms with Gasteiger partial charge in [0.1, 0.15) is 5.82 Å². The van der Waals surface area contributed by atoms with Crippen molar-refractivity contribution in [1.29, 1.82) is 0 Å². The molecular weight excluding hydrogens is 387 g/mol. The first-order chi connectivity index (χ1) is 13.8. The van der Waals surface area contributed by atoms with Crippen LogP contribution in [0.1, 0.15) is 25.3 Å². The first-order valence-electron chi connectivity index (χ1n) is 9.33. The van der Waals surface area contributed by atoms with Crippen LogP contribution in [0.2, 0.25) is 0 Å². The Bertz CT molecular complexity index is 1260. The molecule has 0 aliphatic rings. The van der Waals surface area contributed by atoms with E-state index >= 15 is 0 Å². The molecule has 4 rings (SSSR count). The number of benzene rings is 3. The molecule has 4 nitrogen and oxygen atoms in total. The van der Waals surface area contributed by atoms with Crippen LogP contribution in [-0.4, -0.2) is 13.4 Å². The quantitative estimate of drug-likeness (QED) is 0.432. The molecule has 148 valence electrons. The average Bonchev–Trinajstić information content (AvgIpc) is 3.11. The lowest BCUT2D eigenvalue weighted by Crippen LogP contribution is -2.12. The highest BCUT2D eigenvalue weighted by Gasteiger charge is 2.15. The molecule has 2 N–H and O–H groups in total. The van der Waals surface area contributed by atoms with Crippen molar-refractivity contribution in [3.63, 3.8) is 0 Å². The molecule has 0 aliphatic heterocycles. The summed E-state index contributed by atoms with van der Waals surface area (Å²) in [6.45, 7) is 4.12. The van der Waals surface area contributed by atoms with Gasteiger partial charge in [-0.25, -0.2) is 12.8 Å². The maximum atomic E-state index is 13.4. The number of nitrogens with one attached hydrogen (secondary N) is 2. The number of hydrogen-bond donors (Lipinski definition) is 2. The molecule has 1 aromatic heterocycles. The molecule has 0 spiro atoms. The van der Waals surface area contributed by atoms with Gasteiger partial charge in [0, 0.05) is 22.3 Å². The third-order valence-electron chi connectivity index (χ3n) is 4.89. The topological polar surface area (TPSA) is 62.0 Å². The van der Waals surface area contributed by atoms with Crippen molar-refractivity contribution < 1.29 is 12.8 Å². The van der Waals surface area contributed by atoms with Gasteiger partial charge in [-0.2, -0.15) is 0 Å². The average molecular weight is 408 g/mol. The summed E-state index contributed by atoms with van der Waals surface area (Å²) in [5.41, 5.74) is 4.13. The second kappa shape index (κ2) is 7.37. The van der Waals surface area contributed by atoms with Crippen molar-refractivity contribution in [3.8, 4) is 11.3 Å². The summed E-state index contributed by atoms with van der Waals surface area (Å²) in [5.74, 6) is 0.0580. The SMILES string of the molecule is CC(C)c1ccc(S(=O)(=O)Nc2ccc(-c3cc4cc(F)ccc4[nH]3)cc2)cc1. The zero-order chi connectivity index (χ0) is 20.6. The molecule has 0 saturated heterocycles. The van der Waals surface area contributed by atoms with Gasteiger partial charge in [-0.1, -0.05) is 38.1 Å². The van der Waals surface area contributed by atoms with Gasteiger partial charge in [-0.15, -0.1) is 0 Å². The lowest BCUT2D eigenvalue weighted by Gasteiger charge is -2.10. The third-order valence-corrected chi connectivity index (χ3v) is 6.29. The number of sulfonamides is 1. The van der Waals surface area contributed by atoms with Crippen molar-refractivity contribution in [2.45, 2.75) is 24.7 Å².